The van der Waals surface area contributed by atoms with Crippen molar-refractivity contribution in [3.8, 4) is 5.75 Å². The first kappa shape index (κ1) is 24.8. The van der Waals surface area contributed by atoms with Gasteiger partial charge in [0.1, 0.15) is 11.8 Å². The van der Waals surface area contributed by atoms with Crippen molar-refractivity contribution in [1.82, 2.24) is 9.78 Å². The third kappa shape index (κ3) is 5.68. The van der Waals surface area contributed by atoms with E-state index < -0.39 is 6.04 Å². The number of aromatic nitrogens is 2. The van der Waals surface area contributed by atoms with E-state index in [1.54, 1.807) is 36.9 Å². The molecular weight excluding hydrogens is 464 g/mol. The van der Waals surface area contributed by atoms with Gasteiger partial charge in [0, 0.05) is 17.8 Å². The fourth-order valence-corrected chi connectivity index (χ4v) is 4.97. The minimum absolute atomic E-state index is 0.0651. The fraction of sp³-hybridized carbons (Fsp3) is 0.370. The maximum atomic E-state index is 12.8. The van der Waals surface area contributed by atoms with Crippen LogP contribution in [0, 0.1) is 13.8 Å². The molecule has 2 aromatic carbocycles. The molecule has 2 N–H and O–H groups in total. The molecule has 8 heteroatoms. The van der Waals surface area contributed by atoms with Gasteiger partial charge in [-0.15, -0.1) is 0 Å². The van der Waals surface area contributed by atoms with Crippen molar-refractivity contribution in [2.45, 2.75) is 58.4 Å². The van der Waals surface area contributed by atoms with E-state index in [0.29, 0.717) is 22.8 Å². The number of methoxy groups -OCH3 is 1. The molecule has 184 valence electrons. The van der Waals surface area contributed by atoms with Crippen LogP contribution in [-0.2, 0) is 16.0 Å². The lowest BCUT2D eigenvalue weighted by molar-refractivity contribution is -0.119. The van der Waals surface area contributed by atoms with Crippen molar-refractivity contribution >= 4 is 34.8 Å². The molecule has 1 heterocycles. The largest absolute Gasteiger partial charge is 0.497 e. The van der Waals surface area contributed by atoms with Crippen molar-refractivity contribution in [3.63, 3.8) is 0 Å². The SMILES string of the molecule is COc1ccc2c(c1)CCC[C@H]2CC(=O)Nc1ccc(NC(=O)[C@@H](C)n2nc(C)cc2C)c(Cl)c1. The highest BCUT2D eigenvalue weighted by molar-refractivity contribution is 6.34. The zero-order valence-electron chi connectivity index (χ0n) is 20.5. The molecule has 4 rings (SSSR count). The number of rotatable bonds is 7. The van der Waals surface area contributed by atoms with Crippen LogP contribution < -0.4 is 15.4 Å². The summed E-state index contributed by atoms with van der Waals surface area (Å²) in [4.78, 5) is 25.6. The summed E-state index contributed by atoms with van der Waals surface area (Å²) in [5.41, 5.74) is 5.32. The standard InChI is InChI=1S/C27H31ClN4O3/c1-16-12-17(2)32(31-16)18(3)27(34)30-25-11-8-21(15-24(25)28)29-26(33)14-20-7-5-6-19-13-22(35-4)9-10-23(19)20/h8-13,15,18,20H,5-7,14H2,1-4H3,(H,29,33)(H,30,34)/t18-,20+/m1/s1. The molecule has 35 heavy (non-hydrogen) atoms. The number of halogens is 1. The summed E-state index contributed by atoms with van der Waals surface area (Å²) in [6.45, 7) is 5.59. The molecule has 0 bridgehead atoms. The molecule has 0 aliphatic heterocycles. The van der Waals surface area contributed by atoms with Gasteiger partial charge in [0.05, 0.1) is 23.5 Å². The van der Waals surface area contributed by atoms with E-state index in [2.05, 4.69) is 27.9 Å². The van der Waals surface area contributed by atoms with E-state index in [-0.39, 0.29) is 17.7 Å². The minimum atomic E-state index is -0.488. The Morgan fingerprint density at radius 2 is 1.97 bits per heavy atom. The average molecular weight is 495 g/mol. The molecule has 2 amide bonds. The van der Waals surface area contributed by atoms with Gasteiger partial charge < -0.3 is 15.4 Å². The first-order chi connectivity index (χ1) is 16.7. The van der Waals surface area contributed by atoms with Gasteiger partial charge in [0.2, 0.25) is 11.8 Å². The van der Waals surface area contributed by atoms with Crippen LogP contribution in [-0.4, -0.2) is 28.7 Å². The van der Waals surface area contributed by atoms with E-state index in [1.807, 2.05) is 26.0 Å². The Morgan fingerprint density at radius 1 is 1.17 bits per heavy atom. The molecule has 0 spiro atoms. The van der Waals surface area contributed by atoms with Crippen molar-refractivity contribution in [3.05, 3.63) is 70.0 Å². The maximum absolute atomic E-state index is 12.8. The summed E-state index contributed by atoms with van der Waals surface area (Å²) in [5.74, 6) is 0.738. The molecule has 0 saturated carbocycles. The van der Waals surface area contributed by atoms with Gasteiger partial charge >= 0.3 is 0 Å². The van der Waals surface area contributed by atoms with Gasteiger partial charge in [-0.05, 0) is 93.5 Å². The van der Waals surface area contributed by atoms with Crippen LogP contribution in [0.25, 0.3) is 0 Å². The number of anilines is 2. The van der Waals surface area contributed by atoms with Gasteiger partial charge in [0.15, 0.2) is 0 Å². The lowest BCUT2D eigenvalue weighted by Gasteiger charge is -2.25. The zero-order valence-corrected chi connectivity index (χ0v) is 21.3. The summed E-state index contributed by atoms with van der Waals surface area (Å²) in [5, 5.41) is 10.5. The molecule has 2 atom stereocenters. The third-order valence-corrected chi connectivity index (χ3v) is 6.83. The second-order valence-electron chi connectivity index (χ2n) is 9.14. The first-order valence-electron chi connectivity index (χ1n) is 11.8. The second-order valence-corrected chi connectivity index (χ2v) is 9.54. The summed E-state index contributed by atoms with van der Waals surface area (Å²) in [7, 11) is 1.67. The number of carbonyl (C=O) groups is 2. The lowest BCUT2D eigenvalue weighted by Crippen LogP contribution is -2.25. The van der Waals surface area contributed by atoms with Crippen LogP contribution in [0.4, 0.5) is 11.4 Å². The fourth-order valence-electron chi connectivity index (χ4n) is 4.75. The van der Waals surface area contributed by atoms with Crippen LogP contribution in [0.3, 0.4) is 0 Å². The Kier molecular flexibility index (Phi) is 7.45. The highest BCUT2D eigenvalue weighted by Crippen LogP contribution is 2.36. The molecule has 3 aromatic rings. The molecule has 0 radical (unpaired) electrons. The van der Waals surface area contributed by atoms with Crippen LogP contribution in [0.1, 0.15) is 60.7 Å². The Balaban J connectivity index is 1.38. The molecule has 1 aliphatic rings. The number of aryl methyl sites for hydroxylation is 3. The van der Waals surface area contributed by atoms with Crippen LogP contribution in [0.15, 0.2) is 42.5 Å². The average Bonchev–Trinajstić information content (AvgIpc) is 3.17. The Morgan fingerprint density at radius 3 is 2.66 bits per heavy atom. The molecule has 7 nitrogen and oxygen atoms in total. The van der Waals surface area contributed by atoms with E-state index in [1.165, 1.54) is 11.1 Å². The number of nitrogens with zero attached hydrogens (tertiary/aromatic N) is 2. The van der Waals surface area contributed by atoms with Crippen LogP contribution in [0.5, 0.6) is 5.75 Å². The van der Waals surface area contributed by atoms with Crippen LogP contribution >= 0.6 is 11.6 Å². The monoisotopic (exact) mass is 494 g/mol. The topological polar surface area (TPSA) is 85.3 Å². The predicted molar refractivity (Wildman–Crippen MR) is 138 cm³/mol. The number of fused-ring (bicyclic) bond motifs is 1. The van der Waals surface area contributed by atoms with E-state index in [4.69, 9.17) is 16.3 Å². The number of hydrogen-bond donors (Lipinski definition) is 2. The number of carbonyl (C=O) groups excluding carboxylic acids is 2. The number of nitrogens with one attached hydrogen (secondary N) is 2. The first-order valence-corrected chi connectivity index (χ1v) is 12.2. The van der Waals surface area contributed by atoms with Crippen molar-refractivity contribution in [1.29, 1.82) is 0 Å². The van der Waals surface area contributed by atoms with Crippen LogP contribution in [0.2, 0.25) is 5.02 Å². The predicted octanol–water partition coefficient (Wildman–Crippen LogP) is 5.81. The minimum Gasteiger partial charge on any atom is -0.497 e. The zero-order chi connectivity index (χ0) is 25.1. The van der Waals surface area contributed by atoms with Crippen molar-refractivity contribution in [2.24, 2.45) is 0 Å². The smallest absolute Gasteiger partial charge is 0.248 e. The van der Waals surface area contributed by atoms with Crippen molar-refractivity contribution < 1.29 is 14.3 Å². The van der Waals surface area contributed by atoms with Crippen molar-refractivity contribution in [2.75, 3.05) is 17.7 Å². The van der Waals surface area contributed by atoms with E-state index in [9.17, 15) is 9.59 Å². The number of ether oxygens (including phenoxy) is 1. The lowest BCUT2D eigenvalue weighted by atomic mass is 9.81. The highest BCUT2D eigenvalue weighted by atomic mass is 35.5. The van der Waals surface area contributed by atoms with E-state index >= 15 is 0 Å². The summed E-state index contributed by atoms with van der Waals surface area (Å²) in [6, 6.07) is 12.6. The summed E-state index contributed by atoms with van der Waals surface area (Å²) < 4.78 is 7.03. The third-order valence-electron chi connectivity index (χ3n) is 6.52. The van der Waals surface area contributed by atoms with Gasteiger partial charge in [-0.3, -0.25) is 14.3 Å². The highest BCUT2D eigenvalue weighted by Gasteiger charge is 2.24. The molecule has 1 aromatic heterocycles. The number of amides is 2. The molecular formula is C27H31ClN4O3. The normalized spacial score (nSPS) is 15.7. The quantitative estimate of drug-likeness (QED) is 0.434. The number of hydrogen-bond acceptors (Lipinski definition) is 4. The second kappa shape index (κ2) is 10.5. The van der Waals surface area contributed by atoms with E-state index in [0.717, 1.165) is 36.4 Å². The Hall–Kier alpha value is -3.32. The van der Waals surface area contributed by atoms with Gasteiger partial charge in [-0.2, -0.15) is 5.10 Å². The molecule has 0 fully saturated rings. The summed E-state index contributed by atoms with van der Waals surface area (Å²) >= 11 is 6.43. The van der Waals surface area contributed by atoms with Gasteiger partial charge in [-0.1, -0.05) is 17.7 Å². The molecule has 0 unspecified atom stereocenters. The number of benzene rings is 2. The Bertz CT molecular complexity index is 1250. The summed E-state index contributed by atoms with van der Waals surface area (Å²) in [6.07, 6.45) is 3.43. The Labute approximate surface area is 210 Å². The van der Waals surface area contributed by atoms with Gasteiger partial charge in [0.25, 0.3) is 0 Å². The molecule has 0 saturated heterocycles. The maximum Gasteiger partial charge on any atom is 0.248 e. The van der Waals surface area contributed by atoms with Gasteiger partial charge in [-0.25, -0.2) is 0 Å². The molecule has 1 aliphatic carbocycles.